The van der Waals surface area contributed by atoms with E-state index in [1.807, 2.05) is 0 Å². The molecule has 2 aromatic rings. The summed E-state index contributed by atoms with van der Waals surface area (Å²) in [6.45, 7) is 3.01. The zero-order valence-corrected chi connectivity index (χ0v) is 15.6. The van der Waals surface area contributed by atoms with Crippen molar-refractivity contribution in [3.05, 3.63) is 34.1 Å². The number of nitrogens with zero attached hydrogens (tertiary/aromatic N) is 3. The van der Waals surface area contributed by atoms with Crippen molar-refractivity contribution < 1.29 is 4.79 Å². The number of thioether (sulfide) groups is 1. The molecular formula is C16H18Cl2N4OS. The van der Waals surface area contributed by atoms with Crippen LogP contribution in [0.1, 0.15) is 37.9 Å². The molecule has 1 aromatic heterocycles. The Balaban J connectivity index is 1.61. The predicted octanol–water partition coefficient (Wildman–Crippen LogP) is 4.60. The highest BCUT2D eigenvalue weighted by Gasteiger charge is 2.30. The molecule has 128 valence electrons. The van der Waals surface area contributed by atoms with Gasteiger partial charge >= 0.3 is 0 Å². The summed E-state index contributed by atoms with van der Waals surface area (Å²) in [5, 5.41) is 13.1. The minimum absolute atomic E-state index is 0.136. The van der Waals surface area contributed by atoms with Gasteiger partial charge in [-0.1, -0.05) is 41.9 Å². The molecule has 1 aliphatic carbocycles. The lowest BCUT2D eigenvalue weighted by Gasteiger charge is -2.09. The zero-order valence-electron chi connectivity index (χ0n) is 13.3. The lowest BCUT2D eigenvalue weighted by molar-refractivity contribution is -0.113. The molecule has 1 N–H and O–H groups in total. The third kappa shape index (κ3) is 4.23. The van der Waals surface area contributed by atoms with Crippen LogP contribution in [0, 0.1) is 0 Å². The van der Waals surface area contributed by atoms with E-state index in [0.29, 0.717) is 21.7 Å². The van der Waals surface area contributed by atoms with Gasteiger partial charge in [0.1, 0.15) is 5.82 Å². The van der Waals surface area contributed by atoms with Crippen LogP contribution in [0.2, 0.25) is 10.0 Å². The van der Waals surface area contributed by atoms with Crippen LogP contribution in [-0.4, -0.2) is 26.4 Å². The third-order valence-corrected chi connectivity index (χ3v) is 5.19. The van der Waals surface area contributed by atoms with Crippen molar-refractivity contribution in [2.24, 2.45) is 0 Å². The van der Waals surface area contributed by atoms with E-state index in [4.69, 9.17) is 23.2 Å². The third-order valence-electron chi connectivity index (χ3n) is 3.67. The smallest absolute Gasteiger partial charge is 0.234 e. The minimum atomic E-state index is -0.136. The minimum Gasteiger partial charge on any atom is -0.324 e. The Morgan fingerprint density at radius 1 is 1.38 bits per heavy atom. The fraction of sp³-hybridized carbons (Fsp3) is 0.438. The van der Waals surface area contributed by atoms with E-state index in [9.17, 15) is 4.79 Å². The van der Waals surface area contributed by atoms with Gasteiger partial charge in [-0.3, -0.25) is 4.79 Å². The average molecular weight is 385 g/mol. The van der Waals surface area contributed by atoms with Crippen LogP contribution in [0.3, 0.4) is 0 Å². The molecule has 1 heterocycles. The van der Waals surface area contributed by atoms with E-state index in [-0.39, 0.29) is 11.7 Å². The highest BCUT2D eigenvalue weighted by Crippen LogP contribution is 2.40. The number of carbonyl (C=O) groups excluding carboxylic acids is 1. The van der Waals surface area contributed by atoms with Crippen LogP contribution in [0.15, 0.2) is 23.4 Å². The summed E-state index contributed by atoms with van der Waals surface area (Å²) in [5.41, 5.74) is 0.556. The van der Waals surface area contributed by atoms with Crippen LogP contribution >= 0.6 is 35.0 Å². The Bertz CT molecular complexity index is 746. The van der Waals surface area contributed by atoms with Crippen molar-refractivity contribution in [1.29, 1.82) is 0 Å². The Labute approximate surface area is 155 Å². The molecule has 1 aliphatic rings. The second-order valence-corrected chi connectivity index (χ2v) is 7.51. The normalized spacial score (nSPS) is 14.0. The van der Waals surface area contributed by atoms with Crippen molar-refractivity contribution in [3.63, 3.8) is 0 Å². The first-order valence-corrected chi connectivity index (χ1v) is 9.63. The first kappa shape index (κ1) is 17.6. The van der Waals surface area contributed by atoms with Gasteiger partial charge < -0.3 is 9.88 Å². The van der Waals surface area contributed by atoms with Crippen molar-refractivity contribution in [1.82, 2.24) is 14.8 Å². The number of benzene rings is 1. The molecule has 5 nitrogen and oxygen atoms in total. The van der Waals surface area contributed by atoms with Crippen molar-refractivity contribution in [2.75, 3.05) is 11.1 Å². The molecule has 3 rings (SSSR count). The van der Waals surface area contributed by atoms with E-state index in [1.54, 1.807) is 18.2 Å². The van der Waals surface area contributed by atoms with Crippen molar-refractivity contribution in [2.45, 2.75) is 43.8 Å². The molecular weight excluding hydrogens is 367 g/mol. The van der Waals surface area contributed by atoms with Gasteiger partial charge in [-0.2, -0.15) is 0 Å². The molecule has 0 bridgehead atoms. The maximum absolute atomic E-state index is 12.2. The van der Waals surface area contributed by atoms with E-state index in [2.05, 4.69) is 27.0 Å². The number of hydrogen-bond acceptors (Lipinski definition) is 4. The molecule has 0 saturated heterocycles. The molecule has 0 aliphatic heterocycles. The number of amides is 1. The van der Waals surface area contributed by atoms with Crippen LogP contribution in [0.5, 0.6) is 0 Å². The highest BCUT2D eigenvalue weighted by atomic mass is 35.5. The average Bonchev–Trinajstić information content (AvgIpc) is 3.31. The largest absolute Gasteiger partial charge is 0.324 e. The number of nitrogens with one attached hydrogen (secondary N) is 1. The van der Waals surface area contributed by atoms with Gasteiger partial charge in [-0.15, -0.1) is 10.2 Å². The van der Waals surface area contributed by atoms with Crippen LogP contribution in [0.25, 0.3) is 0 Å². The summed E-state index contributed by atoms with van der Waals surface area (Å²) in [6, 6.07) is 4.99. The molecule has 1 saturated carbocycles. The zero-order chi connectivity index (χ0) is 17.1. The summed E-state index contributed by atoms with van der Waals surface area (Å²) < 4.78 is 2.14. The number of hydrogen-bond donors (Lipinski definition) is 1. The second-order valence-electron chi connectivity index (χ2n) is 5.73. The molecule has 0 spiro atoms. The van der Waals surface area contributed by atoms with Crippen LogP contribution in [-0.2, 0) is 11.3 Å². The first-order chi connectivity index (χ1) is 11.6. The van der Waals surface area contributed by atoms with Gasteiger partial charge in [0, 0.05) is 17.5 Å². The van der Waals surface area contributed by atoms with E-state index in [0.717, 1.165) is 23.9 Å². The van der Waals surface area contributed by atoms with Gasteiger partial charge in [-0.25, -0.2) is 0 Å². The number of carbonyl (C=O) groups is 1. The molecule has 0 atom stereocenters. The Kier molecular flexibility index (Phi) is 5.69. The maximum atomic E-state index is 12.2. The number of anilines is 1. The summed E-state index contributed by atoms with van der Waals surface area (Å²) in [7, 11) is 0. The van der Waals surface area contributed by atoms with Gasteiger partial charge in [0.25, 0.3) is 0 Å². The molecule has 0 radical (unpaired) electrons. The van der Waals surface area contributed by atoms with Gasteiger partial charge in [-0.05, 0) is 37.5 Å². The number of aromatic nitrogens is 3. The molecule has 24 heavy (non-hydrogen) atoms. The predicted molar refractivity (Wildman–Crippen MR) is 98.1 cm³/mol. The quantitative estimate of drug-likeness (QED) is 0.708. The Morgan fingerprint density at radius 2 is 2.17 bits per heavy atom. The van der Waals surface area contributed by atoms with E-state index < -0.39 is 0 Å². The Hall–Kier alpha value is -1.24. The Morgan fingerprint density at radius 3 is 2.83 bits per heavy atom. The first-order valence-electron chi connectivity index (χ1n) is 7.89. The maximum Gasteiger partial charge on any atom is 0.234 e. The van der Waals surface area contributed by atoms with Crippen molar-refractivity contribution >= 4 is 46.6 Å². The molecule has 1 amide bonds. The summed E-state index contributed by atoms with van der Waals surface area (Å²) >= 11 is 13.3. The lowest BCUT2D eigenvalue weighted by Crippen LogP contribution is -2.15. The molecule has 0 unspecified atom stereocenters. The summed E-state index contributed by atoms with van der Waals surface area (Å²) in [6.07, 6.45) is 3.38. The number of halogens is 2. The molecule has 8 heteroatoms. The van der Waals surface area contributed by atoms with Crippen LogP contribution < -0.4 is 5.32 Å². The number of rotatable bonds is 7. The van der Waals surface area contributed by atoms with E-state index >= 15 is 0 Å². The fourth-order valence-electron chi connectivity index (χ4n) is 2.39. The van der Waals surface area contributed by atoms with Crippen molar-refractivity contribution in [3.8, 4) is 0 Å². The molecule has 1 fully saturated rings. The van der Waals surface area contributed by atoms with Crippen LogP contribution in [0.4, 0.5) is 5.69 Å². The second kappa shape index (κ2) is 7.76. The summed E-state index contributed by atoms with van der Waals surface area (Å²) in [4.78, 5) is 12.2. The lowest BCUT2D eigenvalue weighted by atomic mass is 10.3. The topological polar surface area (TPSA) is 59.8 Å². The van der Waals surface area contributed by atoms with E-state index in [1.165, 1.54) is 24.6 Å². The SMILES string of the molecule is CCCn1c(SCC(=O)Nc2ccc(Cl)cc2Cl)nnc1C1CC1. The van der Waals surface area contributed by atoms with Gasteiger partial charge in [0.15, 0.2) is 5.16 Å². The highest BCUT2D eigenvalue weighted by molar-refractivity contribution is 7.99. The van der Waals surface area contributed by atoms with Gasteiger partial charge in [0.05, 0.1) is 16.5 Å². The monoisotopic (exact) mass is 384 g/mol. The fourth-order valence-corrected chi connectivity index (χ4v) is 3.62. The summed E-state index contributed by atoms with van der Waals surface area (Å²) in [5.74, 6) is 1.72. The standard InChI is InChI=1S/C16H18Cl2N4OS/c1-2-7-22-15(10-3-4-10)20-21-16(22)24-9-14(23)19-13-6-5-11(17)8-12(13)18/h5-6,8,10H,2-4,7,9H2,1H3,(H,19,23). The van der Waals surface area contributed by atoms with Gasteiger partial charge in [0.2, 0.25) is 5.91 Å². The molecule has 1 aromatic carbocycles.